The third kappa shape index (κ3) is 3.25. The highest BCUT2D eigenvalue weighted by Crippen LogP contribution is 2.20. The quantitative estimate of drug-likeness (QED) is 0.837. The van der Waals surface area contributed by atoms with Crippen molar-refractivity contribution in [2.45, 2.75) is 13.0 Å². The Morgan fingerprint density at radius 1 is 1.32 bits per heavy atom. The van der Waals surface area contributed by atoms with Gasteiger partial charge in [0, 0.05) is 19.3 Å². The number of halogens is 2. The zero-order chi connectivity index (χ0) is 13.7. The monoisotopic (exact) mass is 263 g/mol. The van der Waals surface area contributed by atoms with Crippen molar-refractivity contribution in [1.29, 1.82) is 5.26 Å². The molecule has 1 aromatic carbocycles. The van der Waals surface area contributed by atoms with Gasteiger partial charge in [-0.2, -0.15) is 5.26 Å². The molecule has 0 aliphatic heterocycles. The molecule has 98 valence electrons. The molecule has 0 fully saturated rings. The number of rotatable bonds is 5. The molecule has 5 nitrogen and oxygen atoms in total. The Bertz CT molecular complexity index is 566. The number of benzene rings is 1. The number of aromatic nitrogens is 3. The fourth-order valence-corrected chi connectivity index (χ4v) is 1.61. The second kappa shape index (κ2) is 5.91. The molecule has 0 bridgehead atoms. The molecule has 1 heterocycles. The van der Waals surface area contributed by atoms with E-state index in [4.69, 9.17) is 5.26 Å². The largest absolute Gasteiger partial charge is 0.380 e. The van der Waals surface area contributed by atoms with Gasteiger partial charge in [-0.1, -0.05) is 5.21 Å². The molecule has 0 radical (unpaired) electrons. The predicted octanol–water partition coefficient (Wildman–Crippen LogP) is 1.93. The van der Waals surface area contributed by atoms with Crippen LogP contribution in [-0.2, 0) is 6.54 Å². The van der Waals surface area contributed by atoms with Crippen molar-refractivity contribution in [3.63, 3.8) is 0 Å². The van der Waals surface area contributed by atoms with E-state index in [1.807, 2.05) is 0 Å². The fourth-order valence-electron chi connectivity index (χ4n) is 1.61. The maximum atomic E-state index is 13.5. The SMILES string of the molecule is N#Cc1cc(F)c(NCCCn2ccnn2)c(F)c1. The standard InChI is InChI=1S/C12H11F2N5/c13-10-6-9(8-15)7-11(14)12(10)16-2-1-4-19-5-3-17-18-19/h3,5-7,16H,1-2,4H2. The average Bonchev–Trinajstić information content (AvgIpc) is 2.89. The summed E-state index contributed by atoms with van der Waals surface area (Å²) in [7, 11) is 0. The van der Waals surface area contributed by atoms with Gasteiger partial charge in [-0.3, -0.25) is 4.68 Å². The number of nitriles is 1. The van der Waals surface area contributed by atoms with Crippen LogP contribution in [0.5, 0.6) is 0 Å². The minimum atomic E-state index is -0.766. The van der Waals surface area contributed by atoms with Crippen LogP contribution in [0.4, 0.5) is 14.5 Å². The van der Waals surface area contributed by atoms with Crippen LogP contribution in [0.25, 0.3) is 0 Å². The van der Waals surface area contributed by atoms with Crippen molar-refractivity contribution in [1.82, 2.24) is 15.0 Å². The maximum Gasteiger partial charge on any atom is 0.150 e. The van der Waals surface area contributed by atoms with Crippen LogP contribution < -0.4 is 5.32 Å². The van der Waals surface area contributed by atoms with Crippen molar-refractivity contribution < 1.29 is 8.78 Å². The first-order chi connectivity index (χ1) is 9.20. The first-order valence-electron chi connectivity index (χ1n) is 5.68. The van der Waals surface area contributed by atoms with E-state index in [1.165, 1.54) is 0 Å². The lowest BCUT2D eigenvalue weighted by Crippen LogP contribution is -2.09. The van der Waals surface area contributed by atoms with Gasteiger partial charge in [0.1, 0.15) is 5.69 Å². The molecule has 2 aromatic rings. The minimum absolute atomic E-state index is 0.0387. The van der Waals surface area contributed by atoms with Crippen molar-refractivity contribution in [2.24, 2.45) is 0 Å². The van der Waals surface area contributed by atoms with Crippen molar-refractivity contribution in [2.75, 3.05) is 11.9 Å². The number of anilines is 1. The molecule has 7 heteroatoms. The topological polar surface area (TPSA) is 66.5 Å². The van der Waals surface area contributed by atoms with Crippen LogP contribution in [0, 0.1) is 23.0 Å². The normalized spacial score (nSPS) is 10.2. The second-order valence-electron chi connectivity index (χ2n) is 3.87. The van der Waals surface area contributed by atoms with Crippen LogP contribution in [0.1, 0.15) is 12.0 Å². The van der Waals surface area contributed by atoms with Crippen LogP contribution in [0.3, 0.4) is 0 Å². The van der Waals surface area contributed by atoms with Gasteiger partial charge >= 0.3 is 0 Å². The zero-order valence-corrected chi connectivity index (χ0v) is 9.98. The third-order valence-electron chi connectivity index (χ3n) is 2.51. The molecule has 0 saturated heterocycles. The first-order valence-corrected chi connectivity index (χ1v) is 5.68. The Labute approximate surface area is 108 Å². The Morgan fingerprint density at radius 3 is 2.63 bits per heavy atom. The van der Waals surface area contributed by atoms with E-state index >= 15 is 0 Å². The summed E-state index contributed by atoms with van der Waals surface area (Å²) in [6.07, 6.45) is 3.92. The maximum absolute atomic E-state index is 13.5. The van der Waals surface area contributed by atoms with E-state index in [0.29, 0.717) is 19.5 Å². The van der Waals surface area contributed by atoms with Crippen LogP contribution in [-0.4, -0.2) is 21.5 Å². The molecule has 0 unspecified atom stereocenters. The molecule has 0 spiro atoms. The Morgan fingerprint density at radius 2 is 2.05 bits per heavy atom. The summed E-state index contributed by atoms with van der Waals surface area (Å²) in [4.78, 5) is 0. The highest BCUT2D eigenvalue weighted by molar-refractivity contribution is 5.50. The molecule has 0 saturated carbocycles. The summed E-state index contributed by atoms with van der Waals surface area (Å²) >= 11 is 0. The first kappa shape index (κ1) is 13.0. The van der Waals surface area contributed by atoms with Crippen molar-refractivity contribution in [3.05, 3.63) is 41.7 Å². The molecule has 2 rings (SSSR count). The van der Waals surface area contributed by atoms with E-state index in [9.17, 15) is 8.78 Å². The summed E-state index contributed by atoms with van der Waals surface area (Å²) in [6.45, 7) is 0.992. The van der Waals surface area contributed by atoms with Crippen LogP contribution in [0.2, 0.25) is 0 Å². The lowest BCUT2D eigenvalue weighted by Gasteiger charge is -2.08. The Balaban J connectivity index is 1.91. The number of aryl methyl sites for hydroxylation is 1. The van der Waals surface area contributed by atoms with Crippen molar-refractivity contribution in [3.8, 4) is 6.07 Å². The van der Waals surface area contributed by atoms with Gasteiger partial charge in [0.25, 0.3) is 0 Å². The van der Waals surface area contributed by atoms with Gasteiger partial charge in [-0.25, -0.2) is 8.78 Å². The molecule has 0 atom stereocenters. The minimum Gasteiger partial charge on any atom is -0.380 e. The van der Waals surface area contributed by atoms with Crippen molar-refractivity contribution >= 4 is 5.69 Å². The predicted molar refractivity (Wildman–Crippen MR) is 64.2 cm³/mol. The highest BCUT2D eigenvalue weighted by atomic mass is 19.1. The smallest absolute Gasteiger partial charge is 0.150 e. The third-order valence-corrected chi connectivity index (χ3v) is 2.51. The molecular formula is C12H11F2N5. The molecule has 19 heavy (non-hydrogen) atoms. The van der Waals surface area contributed by atoms with E-state index < -0.39 is 11.6 Å². The number of nitrogens with one attached hydrogen (secondary N) is 1. The summed E-state index contributed by atoms with van der Waals surface area (Å²) in [5, 5.41) is 18.7. The van der Waals surface area contributed by atoms with Gasteiger partial charge in [0.2, 0.25) is 0 Å². The Kier molecular flexibility index (Phi) is 4.03. The van der Waals surface area contributed by atoms with Gasteiger partial charge < -0.3 is 5.32 Å². The lowest BCUT2D eigenvalue weighted by atomic mass is 10.2. The highest BCUT2D eigenvalue weighted by Gasteiger charge is 2.10. The van der Waals surface area contributed by atoms with E-state index in [0.717, 1.165) is 12.1 Å². The second-order valence-corrected chi connectivity index (χ2v) is 3.87. The fraction of sp³-hybridized carbons (Fsp3) is 0.250. The average molecular weight is 263 g/mol. The molecule has 1 aromatic heterocycles. The Hall–Kier alpha value is -2.49. The van der Waals surface area contributed by atoms with Gasteiger partial charge in [-0.05, 0) is 18.6 Å². The van der Waals surface area contributed by atoms with Crippen LogP contribution in [0.15, 0.2) is 24.5 Å². The van der Waals surface area contributed by atoms with E-state index in [1.54, 1.807) is 23.1 Å². The molecule has 0 aliphatic rings. The van der Waals surface area contributed by atoms with Crippen LogP contribution >= 0.6 is 0 Å². The van der Waals surface area contributed by atoms with Gasteiger partial charge in [0.05, 0.1) is 17.8 Å². The number of hydrogen-bond donors (Lipinski definition) is 1. The summed E-state index contributed by atoms with van der Waals surface area (Å²) in [6, 6.07) is 3.70. The summed E-state index contributed by atoms with van der Waals surface area (Å²) < 4.78 is 28.7. The van der Waals surface area contributed by atoms with E-state index in [2.05, 4.69) is 15.6 Å². The van der Waals surface area contributed by atoms with Gasteiger partial charge in [0.15, 0.2) is 11.6 Å². The van der Waals surface area contributed by atoms with Gasteiger partial charge in [-0.15, -0.1) is 5.10 Å². The molecule has 0 aliphatic carbocycles. The number of nitrogens with zero attached hydrogens (tertiary/aromatic N) is 4. The van der Waals surface area contributed by atoms with E-state index in [-0.39, 0.29) is 11.3 Å². The summed E-state index contributed by atoms with van der Waals surface area (Å²) in [5.74, 6) is -1.53. The zero-order valence-electron chi connectivity index (χ0n) is 9.98. The lowest BCUT2D eigenvalue weighted by molar-refractivity contribution is 0.562. The number of hydrogen-bond acceptors (Lipinski definition) is 4. The molecular weight excluding hydrogens is 252 g/mol. The summed E-state index contributed by atoms with van der Waals surface area (Å²) in [5.41, 5.74) is -0.249. The molecule has 1 N–H and O–H groups in total. The molecule has 0 amide bonds.